The molecule has 3 unspecified atom stereocenters. The molecule has 0 bridgehead atoms. The van der Waals surface area contributed by atoms with Gasteiger partial charge in [0.25, 0.3) is 0 Å². The lowest BCUT2D eigenvalue weighted by molar-refractivity contribution is 0.0690. The molecule has 0 amide bonds. The smallest absolute Gasteiger partial charge is 0.335 e. The summed E-state index contributed by atoms with van der Waals surface area (Å²) in [5, 5.41) is 19.4. The van der Waals surface area contributed by atoms with E-state index in [1.165, 1.54) is 29.7 Å². The Labute approximate surface area is 159 Å². The van der Waals surface area contributed by atoms with Gasteiger partial charge in [-0.2, -0.15) is 0 Å². The second-order valence-corrected chi connectivity index (χ2v) is 7.92. The number of hydrogen-bond donors (Lipinski definition) is 2. The summed E-state index contributed by atoms with van der Waals surface area (Å²) in [6.07, 6.45) is 0.632. The monoisotopic (exact) mass is 367 g/mol. The molecule has 0 spiro atoms. The Morgan fingerprint density at radius 3 is 2.81 bits per heavy atom. The number of hydrogen-bond acceptors (Lipinski definition) is 4. The first kappa shape index (κ1) is 18.0. The number of rotatable bonds is 7. The summed E-state index contributed by atoms with van der Waals surface area (Å²) in [7, 11) is 0. The molecule has 5 heteroatoms. The van der Waals surface area contributed by atoms with Gasteiger partial charge in [-0.25, -0.2) is 4.79 Å². The number of ether oxygens (including phenoxy) is 1. The number of aliphatic hydroxyl groups excluding tert-OH is 1. The number of likely N-dealkylation sites (tertiary alicyclic amines) is 1. The third kappa shape index (κ3) is 3.70. The number of nitrogens with zero attached hydrogens (tertiary/aromatic N) is 1. The van der Waals surface area contributed by atoms with Crippen molar-refractivity contribution in [2.24, 2.45) is 5.92 Å². The summed E-state index contributed by atoms with van der Waals surface area (Å²) in [5.41, 5.74) is 3.14. The van der Waals surface area contributed by atoms with Crippen molar-refractivity contribution in [3.8, 4) is 5.75 Å². The van der Waals surface area contributed by atoms with Crippen molar-refractivity contribution < 1.29 is 19.7 Å². The highest BCUT2D eigenvalue weighted by Crippen LogP contribution is 2.58. The van der Waals surface area contributed by atoms with Crippen molar-refractivity contribution in [2.45, 2.75) is 24.9 Å². The van der Waals surface area contributed by atoms with Crippen LogP contribution in [0.5, 0.6) is 5.75 Å². The highest BCUT2D eigenvalue weighted by Gasteiger charge is 2.60. The average Bonchev–Trinajstić information content (AvgIpc) is 3.22. The maximum absolute atomic E-state index is 11.0. The first-order valence-corrected chi connectivity index (χ1v) is 9.40. The van der Waals surface area contributed by atoms with Crippen LogP contribution >= 0.6 is 0 Å². The fourth-order valence-corrected chi connectivity index (χ4v) is 4.32. The van der Waals surface area contributed by atoms with Gasteiger partial charge in [0.15, 0.2) is 0 Å². The van der Waals surface area contributed by atoms with Crippen molar-refractivity contribution in [3.63, 3.8) is 0 Å². The summed E-state index contributed by atoms with van der Waals surface area (Å²) in [6, 6.07) is 15.2. The van der Waals surface area contributed by atoms with Gasteiger partial charge in [0, 0.05) is 25.0 Å². The number of piperidine rings is 1. The predicted molar refractivity (Wildman–Crippen MR) is 102 cm³/mol. The normalized spacial score (nSPS) is 25.0. The van der Waals surface area contributed by atoms with Crippen molar-refractivity contribution >= 4 is 5.97 Å². The number of carboxylic acid groups (broad SMARTS) is 1. The third-order valence-corrected chi connectivity index (χ3v) is 5.84. The lowest BCUT2D eigenvalue weighted by Crippen LogP contribution is -2.36. The average molecular weight is 367 g/mol. The molecule has 0 radical (unpaired) electrons. The lowest BCUT2D eigenvalue weighted by Gasteiger charge is -2.24. The molecule has 1 aliphatic carbocycles. The van der Waals surface area contributed by atoms with E-state index < -0.39 is 12.1 Å². The first-order valence-electron chi connectivity index (χ1n) is 9.40. The predicted octanol–water partition coefficient (Wildman–Crippen LogP) is 2.71. The Bertz CT molecular complexity index is 834. The van der Waals surface area contributed by atoms with E-state index >= 15 is 0 Å². The molecule has 1 saturated carbocycles. The maximum Gasteiger partial charge on any atom is 0.335 e. The largest absolute Gasteiger partial charge is 0.491 e. The topological polar surface area (TPSA) is 70.0 Å². The zero-order valence-corrected chi connectivity index (χ0v) is 15.5. The second-order valence-electron chi connectivity index (χ2n) is 7.92. The molecule has 4 rings (SSSR count). The lowest BCUT2D eigenvalue weighted by atomic mass is 9.94. The molecule has 1 aliphatic heterocycles. The summed E-state index contributed by atoms with van der Waals surface area (Å²) >= 11 is 0. The third-order valence-electron chi connectivity index (χ3n) is 5.84. The number of fused-ring (bicyclic) bond motifs is 1. The summed E-state index contributed by atoms with van der Waals surface area (Å²) in [5.74, 6) is 0.161. The highest BCUT2D eigenvalue weighted by atomic mass is 16.5. The highest BCUT2D eigenvalue weighted by molar-refractivity contribution is 5.87. The number of carbonyl (C=O) groups is 1. The van der Waals surface area contributed by atoms with Crippen molar-refractivity contribution in [3.05, 3.63) is 65.2 Å². The molecular formula is C22H25NO4. The summed E-state index contributed by atoms with van der Waals surface area (Å²) in [4.78, 5) is 13.3. The van der Waals surface area contributed by atoms with Gasteiger partial charge >= 0.3 is 5.97 Å². The Hall–Kier alpha value is -2.37. The molecule has 1 heterocycles. The van der Waals surface area contributed by atoms with E-state index in [-0.39, 0.29) is 17.6 Å². The number of benzene rings is 2. The van der Waals surface area contributed by atoms with Crippen molar-refractivity contribution in [1.82, 2.24) is 4.90 Å². The van der Waals surface area contributed by atoms with Crippen molar-refractivity contribution in [2.75, 3.05) is 26.2 Å². The van der Waals surface area contributed by atoms with Gasteiger partial charge in [0.2, 0.25) is 0 Å². The van der Waals surface area contributed by atoms with Crippen LogP contribution in [0.4, 0.5) is 0 Å². The van der Waals surface area contributed by atoms with Crippen molar-refractivity contribution in [1.29, 1.82) is 0 Å². The van der Waals surface area contributed by atoms with E-state index in [1.807, 2.05) is 0 Å². The second kappa shape index (κ2) is 6.98. The standard InChI is InChI=1S/C22H25NO4/c1-15-5-7-17(8-6-15)22-10-18(22)11-23(14-22)12-19(24)13-27-20-4-2-3-16(9-20)21(25)26/h2-9,18-19,24H,10-14H2,1H3,(H,25,26). The molecule has 2 aliphatic rings. The Morgan fingerprint density at radius 2 is 2.07 bits per heavy atom. The van der Waals surface area contributed by atoms with Gasteiger partial charge in [0.05, 0.1) is 5.56 Å². The van der Waals surface area contributed by atoms with Crippen LogP contribution in [-0.2, 0) is 5.41 Å². The summed E-state index contributed by atoms with van der Waals surface area (Å²) in [6.45, 7) is 4.82. The zero-order chi connectivity index (χ0) is 19.0. The summed E-state index contributed by atoms with van der Waals surface area (Å²) < 4.78 is 5.59. The van der Waals surface area contributed by atoms with Crippen LogP contribution in [0.3, 0.4) is 0 Å². The fraction of sp³-hybridized carbons (Fsp3) is 0.409. The van der Waals surface area contributed by atoms with Crippen LogP contribution in [0.25, 0.3) is 0 Å². The molecule has 5 nitrogen and oxygen atoms in total. The van der Waals surface area contributed by atoms with Gasteiger partial charge in [-0.05, 0) is 43.0 Å². The van der Waals surface area contributed by atoms with Crippen LogP contribution in [0.1, 0.15) is 27.9 Å². The van der Waals surface area contributed by atoms with E-state index in [9.17, 15) is 9.90 Å². The van der Waals surface area contributed by atoms with E-state index in [2.05, 4.69) is 36.1 Å². The van der Waals surface area contributed by atoms with Crippen LogP contribution in [0.15, 0.2) is 48.5 Å². The number of β-amino-alcohol motifs (C(OH)–C–C–N with tert-alkyl or cyclic N) is 1. The van der Waals surface area contributed by atoms with E-state index in [0.717, 1.165) is 13.1 Å². The Kier molecular flexibility index (Phi) is 4.66. The van der Waals surface area contributed by atoms with E-state index in [0.29, 0.717) is 18.2 Å². The molecule has 0 aromatic heterocycles. The van der Waals surface area contributed by atoms with Gasteiger partial charge < -0.3 is 14.9 Å². The maximum atomic E-state index is 11.0. The molecule has 2 N–H and O–H groups in total. The minimum atomic E-state index is -0.987. The number of aromatic carboxylic acids is 1. The van der Waals surface area contributed by atoms with Crippen LogP contribution in [-0.4, -0.2) is 53.4 Å². The van der Waals surface area contributed by atoms with Crippen LogP contribution < -0.4 is 4.74 Å². The SMILES string of the molecule is Cc1ccc(C23CC2CN(CC(O)COc2cccc(C(=O)O)c2)C3)cc1. The minimum Gasteiger partial charge on any atom is -0.491 e. The molecule has 2 aromatic rings. The quantitative estimate of drug-likeness (QED) is 0.787. The van der Waals surface area contributed by atoms with E-state index in [4.69, 9.17) is 9.84 Å². The molecule has 1 saturated heterocycles. The molecular weight excluding hydrogens is 342 g/mol. The number of carboxylic acids is 1. The first-order chi connectivity index (χ1) is 13.0. The van der Waals surface area contributed by atoms with Crippen LogP contribution in [0, 0.1) is 12.8 Å². The molecule has 3 atom stereocenters. The number of aryl methyl sites for hydroxylation is 1. The number of aliphatic hydroxyl groups is 1. The van der Waals surface area contributed by atoms with E-state index in [1.54, 1.807) is 12.1 Å². The molecule has 2 aromatic carbocycles. The molecule has 142 valence electrons. The van der Waals surface area contributed by atoms with Gasteiger partial charge in [-0.15, -0.1) is 0 Å². The minimum absolute atomic E-state index is 0.155. The zero-order valence-electron chi connectivity index (χ0n) is 15.5. The van der Waals surface area contributed by atoms with Gasteiger partial charge in [-0.3, -0.25) is 4.90 Å². The molecule has 2 fully saturated rings. The van der Waals surface area contributed by atoms with Gasteiger partial charge in [-0.1, -0.05) is 35.9 Å². The fourth-order valence-electron chi connectivity index (χ4n) is 4.32. The van der Waals surface area contributed by atoms with Gasteiger partial charge in [0.1, 0.15) is 18.5 Å². The Balaban J connectivity index is 1.30. The van der Waals surface area contributed by atoms with Crippen LogP contribution in [0.2, 0.25) is 0 Å². The molecule has 27 heavy (non-hydrogen) atoms. The Morgan fingerprint density at radius 1 is 1.30 bits per heavy atom.